The lowest BCUT2D eigenvalue weighted by molar-refractivity contribution is -0.0440. The Labute approximate surface area is 126 Å². The molecule has 0 spiro atoms. The number of carbonyl (C=O) groups excluding carboxylic acids is 1. The van der Waals surface area contributed by atoms with Gasteiger partial charge in [0, 0.05) is 25.8 Å². The first-order valence-corrected chi connectivity index (χ1v) is 7.22. The summed E-state index contributed by atoms with van der Waals surface area (Å²) in [6.45, 7) is 3.71. The molecule has 1 unspecified atom stereocenters. The third-order valence-corrected chi connectivity index (χ3v) is 3.92. The lowest BCUT2D eigenvalue weighted by Crippen LogP contribution is -2.49. The minimum atomic E-state index is -0.258. The third-order valence-electron chi connectivity index (χ3n) is 3.92. The predicted octanol–water partition coefficient (Wildman–Crippen LogP) is 1.64. The van der Waals surface area contributed by atoms with Crippen LogP contribution in [0.2, 0.25) is 0 Å². The Morgan fingerprint density at radius 2 is 2.24 bits per heavy atom. The van der Waals surface area contributed by atoms with Crippen molar-refractivity contribution in [3.8, 4) is 11.8 Å². The van der Waals surface area contributed by atoms with Gasteiger partial charge in [-0.2, -0.15) is 0 Å². The first-order chi connectivity index (χ1) is 10.1. The molecule has 0 radical (unpaired) electrons. The topological polar surface area (TPSA) is 55.6 Å². The zero-order valence-electron chi connectivity index (χ0n) is 12.7. The van der Waals surface area contributed by atoms with Crippen LogP contribution in [0.4, 0.5) is 0 Å². The number of nitrogens with zero attached hydrogens (tertiary/aromatic N) is 1. The molecule has 112 valence electrons. The van der Waals surface area contributed by atoms with E-state index >= 15 is 0 Å². The van der Waals surface area contributed by atoms with Gasteiger partial charge < -0.3 is 15.4 Å². The highest BCUT2D eigenvalue weighted by molar-refractivity contribution is 5.96. The maximum absolute atomic E-state index is 12.8. The van der Waals surface area contributed by atoms with Gasteiger partial charge in [-0.15, -0.1) is 0 Å². The number of amides is 1. The number of hydrogen-bond donors (Lipinski definition) is 1. The Morgan fingerprint density at radius 1 is 1.48 bits per heavy atom. The van der Waals surface area contributed by atoms with Crippen LogP contribution in [0.5, 0.6) is 0 Å². The van der Waals surface area contributed by atoms with E-state index in [4.69, 9.17) is 10.5 Å². The Morgan fingerprint density at radius 3 is 2.95 bits per heavy atom. The molecular formula is C17H22N2O2. The van der Waals surface area contributed by atoms with E-state index in [9.17, 15) is 4.79 Å². The molecule has 1 aliphatic heterocycles. The molecule has 1 atom stereocenters. The van der Waals surface area contributed by atoms with Gasteiger partial charge >= 0.3 is 0 Å². The van der Waals surface area contributed by atoms with E-state index in [1.54, 1.807) is 7.11 Å². The van der Waals surface area contributed by atoms with Crippen LogP contribution in [0.1, 0.15) is 35.7 Å². The maximum atomic E-state index is 12.8. The molecule has 4 nitrogen and oxygen atoms in total. The van der Waals surface area contributed by atoms with Crippen LogP contribution in [0.15, 0.2) is 24.3 Å². The lowest BCUT2D eigenvalue weighted by atomic mass is 9.94. The van der Waals surface area contributed by atoms with Crippen LogP contribution < -0.4 is 5.73 Å². The molecular weight excluding hydrogens is 264 g/mol. The van der Waals surface area contributed by atoms with Gasteiger partial charge in [-0.3, -0.25) is 4.79 Å². The van der Waals surface area contributed by atoms with Gasteiger partial charge in [0.1, 0.15) is 0 Å². The monoisotopic (exact) mass is 286 g/mol. The van der Waals surface area contributed by atoms with Crippen LogP contribution in [-0.4, -0.2) is 43.2 Å². The number of ether oxygens (including phenoxy) is 1. The number of piperidine rings is 1. The second kappa shape index (κ2) is 6.75. The number of carbonyl (C=O) groups is 1. The van der Waals surface area contributed by atoms with Crippen molar-refractivity contribution >= 4 is 5.91 Å². The molecule has 4 heteroatoms. The van der Waals surface area contributed by atoms with Gasteiger partial charge in [0.05, 0.1) is 17.7 Å². The highest BCUT2D eigenvalue weighted by Gasteiger charge is 2.33. The zero-order valence-corrected chi connectivity index (χ0v) is 12.7. The third kappa shape index (κ3) is 3.63. The van der Waals surface area contributed by atoms with Crippen molar-refractivity contribution < 1.29 is 9.53 Å². The molecule has 1 aromatic rings. The summed E-state index contributed by atoms with van der Waals surface area (Å²) in [5.74, 6) is 5.80. The lowest BCUT2D eigenvalue weighted by Gasteiger charge is -2.39. The molecule has 2 N–H and O–H groups in total. The minimum absolute atomic E-state index is 0.0138. The van der Waals surface area contributed by atoms with Gasteiger partial charge in [-0.1, -0.05) is 24.0 Å². The van der Waals surface area contributed by atoms with E-state index in [-0.39, 0.29) is 18.1 Å². The van der Waals surface area contributed by atoms with Crippen molar-refractivity contribution in [2.24, 2.45) is 5.73 Å². The molecule has 1 heterocycles. The molecule has 1 saturated heterocycles. The standard InChI is InChI=1S/C17H22N2O2/c1-17(21-2)10-6-12-19(13-17)16(20)15-9-4-3-7-14(15)8-5-11-18/h3-4,7,9H,6,10-13,18H2,1-2H3. The predicted molar refractivity (Wildman–Crippen MR) is 82.9 cm³/mol. The van der Waals surface area contributed by atoms with Gasteiger partial charge in [-0.05, 0) is 31.9 Å². The average molecular weight is 286 g/mol. The molecule has 1 amide bonds. The van der Waals surface area contributed by atoms with Crippen LogP contribution in [0.3, 0.4) is 0 Å². The average Bonchev–Trinajstić information content (AvgIpc) is 2.52. The van der Waals surface area contributed by atoms with Gasteiger partial charge in [0.2, 0.25) is 0 Å². The van der Waals surface area contributed by atoms with Gasteiger partial charge in [-0.25, -0.2) is 0 Å². The van der Waals surface area contributed by atoms with E-state index < -0.39 is 0 Å². The van der Waals surface area contributed by atoms with Crippen molar-refractivity contribution in [3.63, 3.8) is 0 Å². The smallest absolute Gasteiger partial charge is 0.255 e. The summed E-state index contributed by atoms with van der Waals surface area (Å²) in [5.41, 5.74) is 6.53. The maximum Gasteiger partial charge on any atom is 0.255 e. The number of likely N-dealkylation sites (tertiary alicyclic amines) is 1. The Balaban J connectivity index is 2.24. The number of benzene rings is 1. The van der Waals surface area contributed by atoms with Crippen LogP contribution in [0, 0.1) is 11.8 Å². The van der Waals surface area contributed by atoms with Crippen LogP contribution >= 0.6 is 0 Å². The summed E-state index contributed by atoms with van der Waals surface area (Å²) >= 11 is 0. The van der Waals surface area contributed by atoms with Gasteiger partial charge in [0.25, 0.3) is 5.91 Å². The molecule has 21 heavy (non-hydrogen) atoms. The summed E-state index contributed by atoms with van der Waals surface area (Å²) in [4.78, 5) is 14.6. The van der Waals surface area contributed by atoms with E-state index in [1.165, 1.54) is 0 Å². The van der Waals surface area contributed by atoms with Crippen molar-refractivity contribution in [1.29, 1.82) is 0 Å². The second-order valence-electron chi connectivity index (χ2n) is 5.54. The van der Waals surface area contributed by atoms with Crippen molar-refractivity contribution in [2.45, 2.75) is 25.4 Å². The fourth-order valence-electron chi connectivity index (χ4n) is 2.64. The molecule has 0 aliphatic carbocycles. The molecule has 2 rings (SSSR count). The first kappa shape index (κ1) is 15.6. The molecule has 1 aromatic carbocycles. The first-order valence-electron chi connectivity index (χ1n) is 7.22. The highest BCUT2D eigenvalue weighted by atomic mass is 16.5. The number of rotatable bonds is 2. The zero-order chi connectivity index (χ0) is 15.3. The Bertz CT molecular complexity index is 574. The second-order valence-corrected chi connectivity index (χ2v) is 5.54. The molecule has 0 saturated carbocycles. The number of hydrogen-bond acceptors (Lipinski definition) is 3. The summed E-state index contributed by atoms with van der Waals surface area (Å²) < 4.78 is 5.55. The molecule has 0 aromatic heterocycles. The van der Waals surface area contributed by atoms with Crippen molar-refractivity contribution in [2.75, 3.05) is 26.7 Å². The van der Waals surface area contributed by atoms with E-state index in [1.807, 2.05) is 36.1 Å². The largest absolute Gasteiger partial charge is 0.377 e. The highest BCUT2D eigenvalue weighted by Crippen LogP contribution is 2.25. The van der Waals surface area contributed by atoms with E-state index in [0.717, 1.165) is 24.9 Å². The minimum Gasteiger partial charge on any atom is -0.377 e. The summed E-state index contributed by atoms with van der Waals surface area (Å²) in [5, 5.41) is 0. The Kier molecular flexibility index (Phi) is 5.00. The number of nitrogens with two attached hydrogens (primary N) is 1. The number of methoxy groups -OCH3 is 1. The van der Waals surface area contributed by atoms with Gasteiger partial charge in [0.15, 0.2) is 0 Å². The van der Waals surface area contributed by atoms with Crippen molar-refractivity contribution in [1.82, 2.24) is 4.90 Å². The quantitative estimate of drug-likeness (QED) is 0.841. The summed E-state index contributed by atoms with van der Waals surface area (Å²) in [6, 6.07) is 7.42. The summed E-state index contributed by atoms with van der Waals surface area (Å²) in [6.07, 6.45) is 1.93. The summed E-state index contributed by atoms with van der Waals surface area (Å²) in [7, 11) is 1.70. The van der Waals surface area contributed by atoms with Crippen LogP contribution in [-0.2, 0) is 4.74 Å². The normalized spacial score (nSPS) is 21.6. The van der Waals surface area contributed by atoms with Crippen molar-refractivity contribution in [3.05, 3.63) is 35.4 Å². The SMILES string of the molecule is COC1(C)CCCN(C(=O)c2ccccc2C#CCN)C1. The Hall–Kier alpha value is -1.83. The fourth-order valence-corrected chi connectivity index (χ4v) is 2.64. The molecule has 1 aliphatic rings. The molecule has 0 bridgehead atoms. The fraction of sp³-hybridized carbons (Fsp3) is 0.471. The molecule has 1 fully saturated rings. The van der Waals surface area contributed by atoms with E-state index in [2.05, 4.69) is 11.8 Å². The van der Waals surface area contributed by atoms with Crippen LogP contribution in [0.25, 0.3) is 0 Å². The van der Waals surface area contributed by atoms with E-state index in [0.29, 0.717) is 12.1 Å².